The molecule has 0 fully saturated rings. The van der Waals surface area contributed by atoms with E-state index < -0.39 is 23.7 Å². The number of carbonyl (C=O) groups is 3. The van der Waals surface area contributed by atoms with E-state index in [-0.39, 0.29) is 18.6 Å². The summed E-state index contributed by atoms with van der Waals surface area (Å²) in [5.41, 5.74) is 0.387. The molecule has 0 aliphatic heterocycles. The van der Waals surface area contributed by atoms with Crippen LogP contribution < -0.4 is 5.32 Å². The lowest BCUT2D eigenvalue weighted by Crippen LogP contribution is -2.39. The fourth-order valence-electron chi connectivity index (χ4n) is 1.75. The van der Waals surface area contributed by atoms with Crippen LogP contribution in [0.5, 0.6) is 0 Å². The Bertz CT molecular complexity index is 498. The number of amides is 1. The Hall–Kier alpha value is -2.24. The van der Waals surface area contributed by atoms with Crippen LogP contribution in [-0.4, -0.2) is 28.8 Å². The molecule has 0 aliphatic carbocycles. The fourth-order valence-corrected chi connectivity index (χ4v) is 1.75. The number of benzene rings is 1. The number of hydrogen-bond acceptors (Lipinski definition) is 3. The van der Waals surface area contributed by atoms with Gasteiger partial charge in [-0.3, -0.25) is 9.59 Å². The maximum Gasteiger partial charge on any atom is 0.326 e. The van der Waals surface area contributed by atoms with Gasteiger partial charge in [-0.15, -0.1) is 0 Å². The molecular formula is C14H16FNO4. The molecule has 6 heteroatoms. The molecule has 0 heterocycles. The van der Waals surface area contributed by atoms with Crippen molar-refractivity contribution in [3.05, 3.63) is 35.6 Å². The summed E-state index contributed by atoms with van der Waals surface area (Å²) in [4.78, 5) is 33.5. The monoisotopic (exact) mass is 281 g/mol. The Labute approximate surface area is 115 Å². The lowest BCUT2D eigenvalue weighted by atomic mass is 10.0. The molecule has 1 aromatic carbocycles. The highest BCUT2D eigenvalue weighted by atomic mass is 19.1. The van der Waals surface area contributed by atoms with E-state index in [0.29, 0.717) is 12.0 Å². The zero-order valence-corrected chi connectivity index (χ0v) is 11.1. The van der Waals surface area contributed by atoms with Gasteiger partial charge >= 0.3 is 5.97 Å². The van der Waals surface area contributed by atoms with E-state index in [9.17, 15) is 18.8 Å². The highest BCUT2D eigenvalue weighted by Crippen LogP contribution is 2.10. The first-order valence-corrected chi connectivity index (χ1v) is 6.19. The van der Waals surface area contributed by atoms with Crippen molar-refractivity contribution < 1.29 is 23.9 Å². The molecule has 0 saturated heterocycles. The van der Waals surface area contributed by atoms with Crippen LogP contribution in [0.3, 0.4) is 0 Å². The Morgan fingerprint density at radius 2 is 1.85 bits per heavy atom. The van der Waals surface area contributed by atoms with Crippen LogP contribution in [0.2, 0.25) is 0 Å². The summed E-state index contributed by atoms with van der Waals surface area (Å²) in [5.74, 6) is -2.16. The van der Waals surface area contributed by atoms with E-state index in [0.717, 1.165) is 0 Å². The lowest BCUT2D eigenvalue weighted by Gasteiger charge is -2.12. The van der Waals surface area contributed by atoms with Gasteiger partial charge < -0.3 is 10.4 Å². The number of rotatable bonds is 7. The molecule has 0 saturated carbocycles. The predicted octanol–water partition coefficient (Wildman–Crippen LogP) is 1.77. The average Bonchev–Trinajstić information content (AvgIpc) is 2.37. The molecule has 1 aromatic rings. The SMILES string of the molecule is CC(=O)NC(CCCC(=O)c1ccc(F)cc1)C(=O)O. The fraction of sp³-hybridized carbons (Fsp3) is 0.357. The van der Waals surface area contributed by atoms with E-state index in [1.54, 1.807) is 0 Å². The second-order valence-electron chi connectivity index (χ2n) is 4.41. The number of nitrogens with one attached hydrogen (secondary N) is 1. The maximum absolute atomic E-state index is 12.7. The average molecular weight is 281 g/mol. The first kappa shape index (κ1) is 15.8. The molecule has 108 valence electrons. The Balaban J connectivity index is 2.46. The third-order valence-corrected chi connectivity index (χ3v) is 2.74. The van der Waals surface area contributed by atoms with Crippen molar-refractivity contribution in [1.82, 2.24) is 5.32 Å². The molecule has 0 spiro atoms. The number of Topliss-reactive ketones (excluding diaryl/α,β-unsaturated/α-hetero) is 1. The van der Waals surface area contributed by atoms with Gasteiger partial charge in [0.15, 0.2) is 5.78 Å². The highest BCUT2D eigenvalue weighted by Gasteiger charge is 2.18. The molecule has 5 nitrogen and oxygen atoms in total. The summed E-state index contributed by atoms with van der Waals surface area (Å²) in [5, 5.41) is 11.2. The minimum absolute atomic E-state index is 0.148. The molecule has 0 bridgehead atoms. The van der Waals surface area contributed by atoms with Crippen molar-refractivity contribution in [1.29, 1.82) is 0 Å². The summed E-state index contributed by atoms with van der Waals surface area (Å²) >= 11 is 0. The number of carbonyl (C=O) groups excluding carboxylic acids is 2. The van der Waals surface area contributed by atoms with Gasteiger partial charge in [0.2, 0.25) is 5.91 Å². The summed E-state index contributed by atoms with van der Waals surface area (Å²) in [6, 6.07) is 4.18. The van der Waals surface area contributed by atoms with Crippen molar-refractivity contribution in [3.8, 4) is 0 Å². The van der Waals surface area contributed by atoms with Gasteiger partial charge in [0, 0.05) is 18.9 Å². The second-order valence-corrected chi connectivity index (χ2v) is 4.41. The second kappa shape index (κ2) is 7.37. The van der Waals surface area contributed by atoms with Gasteiger partial charge in [-0.05, 0) is 37.1 Å². The van der Waals surface area contributed by atoms with Crippen molar-refractivity contribution in [2.75, 3.05) is 0 Å². The summed E-state index contributed by atoms with van der Waals surface area (Å²) in [6.45, 7) is 1.24. The van der Waals surface area contributed by atoms with E-state index in [1.165, 1.54) is 31.2 Å². The highest BCUT2D eigenvalue weighted by molar-refractivity contribution is 5.96. The number of aliphatic carboxylic acids is 1. The van der Waals surface area contributed by atoms with Crippen molar-refractivity contribution >= 4 is 17.7 Å². The van der Waals surface area contributed by atoms with Crippen LogP contribution in [0.1, 0.15) is 36.5 Å². The van der Waals surface area contributed by atoms with Gasteiger partial charge in [-0.2, -0.15) is 0 Å². The summed E-state index contributed by atoms with van der Waals surface area (Å²) < 4.78 is 12.7. The molecule has 2 N–H and O–H groups in total. The Kier molecular flexibility index (Phi) is 5.83. The topological polar surface area (TPSA) is 83.5 Å². The molecule has 0 aromatic heterocycles. The predicted molar refractivity (Wildman–Crippen MR) is 69.8 cm³/mol. The first-order valence-electron chi connectivity index (χ1n) is 6.19. The van der Waals surface area contributed by atoms with Crippen molar-refractivity contribution in [2.24, 2.45) is 0 Å². The number of ketones is 1. The van der Waals surface area contributed by atoms with Gasteiger partial charge in [0.05, 0.1) is 0 Å². The molecule has 1 amide bonds. The van der Waals surface area contributed by atoms with Crippen molar-refractivity contribution in [2.45, 2.75) is 32.2 Å². The maximum atomic E-state index is 12.7. The van der Waals surface area contributed by atoms with Crippen LogP contribution >= 0.6 is 0 Å². The first-order chi connectivity index (χ1) is 9.40. The summed E-state index contributed by atoms with van der Waals surface area (Å²) in [6.07, 6.45) is 0.643. The standard InChI is InChI=1S/C14H16FNO4/c1-9(17)16-12(14(19)20)3-2-4-13(18)10-5-7-11(15)8-6-10/h5-8,12H,2-4H2,1H3,(H,16,17)(H,19,20). The Morgan fingerprint density at radius 3 is 2.35 bits per heavy atom. The molecule has 0 radical (unpaired) electrons. The lowest BCUT2D eigenvalue weighted by molar-refractivity contribution is -0.141. The van der Waals surface area contributed by atoms with Gasteiger partial charge in [0.1, 0.15) is 11.9 Å². The van der Waals surface area contributed by atoms with E-state index in [4.69, 9.17) is 5.11 Å². The quantitative estimate of drug-likeness (QED) is 0.746. The summed E-state index contributed by atoms with van der Waals surface area (Å²) in [7, 11) is 0. The third kappa shape index (κ3) is 5.17. The molecule has 1 atom stereocenters. The number of hydrogen-bond donors (Lipinski definition) is 2. The van der Waals surface area contributed by atoms with Crippen LogP contribution in [0.4, 0.5) is 4.39 Å². The minimum Gasteiger partial charge on any atom is -0.480 e. The van der Waals surface area contributed by atoms with Gasteiger partial charge in [-0.25, -0.2) is 9.18 Å². The normalized spacial score (nSPS) is 11.7. The number of carboxylic acids is 1. The van der Waals surface area contributed by atoms with Crippen LogP contribution in [0.15, 0.2) is 24.3 Å². The van der Waals surface area contributed by atoms with Crippen LogP contribution in [0, 0.1) is 5.82 Å². The zero-order valence-electron chi connectivity index (χ0n) is 11.1. The van der Waals surface area contributed by atoms with E-state index >= 15 is 0 Å². The molecule has 1 rings (SSSR count). The zero-order chi connectivity index (χ0) is 15.1. The number of carboxylic acid groups (broad SMARTS) is 1. The van der Waals surface area contributed by atoms with Gasteiger partial charge in [0.25, 0.3) is 0 Å². The molecule has 0 aliphatic rings. The van der Waals surface area contributed by atoms with Gasteiger partial charge in [-0.1, -0.05) is 0 Å². The van der Waals surface area contributed by atoms with E-state index in [2.05, 4.69) is 5.32 Å². The molecule has 1 unspecified atom stereocenters. The van der Waals surface area contributed by atoms with E-state index in [1.807, 2.05) is 0 Å². The Morgan fingerprint density at radius 1 is 1.25 bits per heavy atom. The largest absolute Gasteiger partial charge is 0.480 e. The molecule has 20 heavy (non-hydrogen) atoms. The third-order valence-electron chi connectivity index (χ3n) is 2.74. The smallest absolute Gasteiger partial charge is 0.326 e. The van der Waals surface area contributed by atoms with Crippen LogP contribution in [-0.2, 0) is 9.59 Å². The van der Waals surface area contributed by atoms with Crippen LogP contribution in [0.25, 0.3) is 0 Å². The minimum atomic E-state index is -1.13. The van der Waals surface area contributed by atoms with Crippen molar-refractivity contribution in [3.63, 3.8) is 0 Å². The molecular weight excluding hydrogens is 265 g/mol. The number of halogens is 1.